The summed E-state index contributed by atoms with van der Waals surface area (Å²) in [5.41, 5.74) is 1.26. The van der Waals surface area contributed by atoms with Crippen molar-refractivity contribution in [1.29, 1.82) is 0 Å². The molecule has 1 saturated heterocycles. The Morgan fingerprint density at radius 3 is 2.64 bits per heavy atom. The van der Waals surface area contributed by atoms with Crippen LogP contribution in [0.5, 0.6) is 0 Å². The third-order valence-corrected chi connectivity index (χ3v) is 6.32. The van der Waals surface area contributed by atoms with Crippen molar-refractivity contribution in [2.45, 2.75) is 77.0 Å². The van der Waals surface area contributed by atoms with Gasteiger partial charge < -0.3 is 10.4 Å². The highest BCUT2D eigenvalue weighted by atomic mass is 16.3. The van der Waals surface area contributed by atoms with Gasteiger partial charge in [-0.15, -0.1) is 0 Å². The number of amides is 1. The molecule has 2 aliphatic rings. The summed E-state index contributed by atoms with van der Waals surface area (Å²) in [6.45, 7) is 6.18. The number of allylic oxidation sites excluding steroid dienone is 1. The number of hydrogen-bond donors (Lipinski definition) is 2. The van der Waals surface area contributed by atoms with Gasteiger partial charge >= 0.3 is 0 Å². The number of nitrogens with zero attached hydrogens (tertiary/aromatic N) is 1. The molecule has 4 nitrogen and oxygen atoms in total. The maximum absolute atomic E-state index is 12.5. The van der Waals surface area contributed by atoms with Crippen LogP contribution in [-0.4, -0.2) is 40.8 Å². The lowest BCUT2D eigenvalue weighted by molar-refractivity contribution is -0.135. The van der Waals surface area contributed by atoms with Crippen LogP contribution in [0.2, 0.25) is 0 Å². The zero-order chi connectivity index (χ0) is 20.0. The first-order valence-electron chi connectivity index (χ1n) is 10.9. The maximum Gasteiger partial charge on any atom is 0.226 e. The monoisotopic (exact) mass is 384 g/mol. The summed E-state index contributed by atoms with van der Waals surface area (Å²) in [6, 6.07) is 10.1. The summed E-state index contributed by atoms with van der Waals surface area (Å²) in [5.74, 6) is 0.557. The predicted molar refractivity (Wildman–Crippen MR) is 114 cm³/mol. The Bertz CT molecular complexity index is 662. The average Bonchev–Trinajstić information content (AvgIpc) is 3.18. The highest BCUT2D eigenvalue weighted by Crippen LogP contribution is 2.37. The van der Waals surface area contributed by atoms with Crippen LogP contribution in [0.4, 0.5) is 0 Å². The number of piperidine rings is 1. The largest absolute Gasteiger partial charge is 0.371 e. The van der Waals surface area contributed by atoms with Crippen LogP contribution >= 0.6 is 0 Å². The third kappa shape index (κ3) is 5.92. The molecule has 1 heterocycles. The Morgan fingerprint density at radius 1 is 1.25 bits per heavy atom. The molecule has 1 saturated carbocycles. The Kier molecular flexibility index (Phi) is 7.30. The minimum atomic E-state index is -1.08. The van der Waals surface area contributed by atoms with Crippen molar-refractivity contribution in [2.75, 3.05) is 13.1 Å². The van der Waals surface area contributed by atoms with Gasteiger partial charge in [0.1, 0.15) is 5.72 Å². The van der Waals surface area contributed by atoms with E-state index >= 15 is 0 Å². The van der Waals surface area contributed by atoms with E-state index in [1.54, 1.807) is 0 Å². The summed E-state index contributed by atoms with van der Waals surface area (Å²) in [7, 11) is 0. The van der Waals surface area contributed by atoms with Crippen molar-refractivity contribution in [3.05, 3.63) is 47.5 Å². The number of aliphatic hydroxyl groups is 1. The number of hydrogen-bond acceptors (Lipinski definition) is 3. The van der Waals surface area contributed by atoms with E-state index in [0.29, 0.717) is 31.2 Å². The number of nitrogens with one attached hydrogen (secondary N) is 1. The van der Waals surface area contributed by atoms with Crippen LogP contribution < -0.4 is 5.32 Å². The van der Waals surface area contributed by atoms with Gasteiger partial charge in [0, 0.05) is 32.0 Å². The number of rotatable bonds is 7. The van der Waals surface area contributed by atoms with E-state index in [1.807, 2.05) is 30.3 Å². The van der Waals surface area contributed by atoms with Crippen LogP contribution in [0.25, 0.3) is 0 Å². The number of benzene rings is 1. The second kappa shape index (κ2) is 9.71. The third-order valence-electron chi connectivity index (χ3n) is 6.32. The van der Waals surface area contributed by atoms with Crippen molar-refractivity contribution < 1.29 is 9.90 Å². The highest BCUT2D eigenvalue weighted by molar-refractivity contribution is 5.79. The molecule has 2 unspecified atom stereocenters. The van der Waals surface area contributed by atoms with Crippen molar-refractivity contribution in [3.8, 4) is 0 Å². The molecule has 1 aliphatic carbocycles. The molecular weight excluding hydrogens is 348 g/mol. The first-order chi connectivity index (χ1) is 13.5. The Labute approximate surface area is 170 Å². The minimum absolute atomic E-state index is 0.0862. The second-order valence-electron chi connectivity index (χ2n) is 8.91. The number of likely N-dealkylation sites (tertiary alicyclic amines) is 1. The molecule has 3 rings (SSSR count). The summed E-state index contributed by atoms with van der Waals surface area (Å²) in [6.07, 6.45) is 10.0. The maximum atomic E-state index is 12.5. The van der Waals surface area contributed by atoms with E-state index in [9.17, 15) is 9.90 Å². The molecule has 1 aromatic rings. The first kappa shape index (κ1) is 21.1. The van der Waals surface area contributed by atoms with Gasteiger partial charge in [-0.05, 0) is 44.6 Å². The molecule has 0 bridgehead atoms. The average molecular weight is 385 g/mol. The normalized spacial score (nSPS) is 26.2. The molecule has 0 aromatic heterocycles. The van der Waals surface area contributed by atoms with Gasteiger partial charge in [-0.25, -0.2) is 0 Å². The molecule has 154 valence electrons. The summed E-state index contributed by atoms with van der Waals surface area (Å²) in [5, 5.41) is 14.2. The van der Waals surface area contributed by atoms with Gasteiger partial charge in [0.05, 0.1) is 6.42 Å². The van der Waals surface area contributed by atoms with Crippen molar-refractivity contribution in [2.24, 2.45) is 5.92 Å². The van der Waals surface area contributed by atoms with Crippen LogP contribution in [0.15, 0.2) is 42.0 Å². The Balaban J connectivity index is 1.62. The molecule has 1 aliphatic heterocycles. The van der Waals surface area contributed by atoms with E-state index in [-0.39, 0.29) is 5.91 Å². The molecule has 0 radical (unpaired) electrons. The van der Waals surface area contributed by atoms with Gasteiger partial charge in [0.15, 0.2) is 0 Å². The van der Waals surface area contributed by atoms with Crippen LogP contribution in [-0.2, 0) is 11.2 Å². The molecule has 28 heavy (non-hydrogen) atoms. The van der Waals surface area contributed by atoms with E-state index < -0.39 is 5.72 Å². The molecule has 0 spiro atoms. The predicted octanol–water partition coefficient (Wildman–Crippen LogP) is 4.04. The standard InChI is InChI=1S/C24H36N2O2/c1-19(2)9-8-15-26-16-14-24(28,18-22(26)21-12-6-7-13-21)25-23(27)17-20-10-4-3-5-11-20/h3-5,9-11,21-22,28H,6-8,12-18H2,1-2H3,(H,25,27). The van der Waals surface area contributed by atoms with Gasteiger partial charge in [-0.1, -0.05) is 54.8 Å². The fraction of sp³-hybridized carbons (Fsp3) is 0.625. The lowest BCUT2D eigenvalue weighted by Gasteiger charge is -2.46. The van der Waals surface area contributed by atoms with Crippen molar-refractivity contribution in [1.82, 2.24) is 10.2 Å². The number of carbonyl (C=O) groups is 1. The van der Waals surface area contributed by atoms with Crippen LogP contribution in [0.3, 0.4) is 0 Å². The SMILES string of the molecule is CC(C)=CCCN1CCC(O)(NC(=O)Cc2ccccc2)CC1C1CCCC1. The fourth-order valence-electron chi connectivity index (χ4n) is 4.87. The Hall–Kier alpha value is -1.65. The Morgan fingerprint density at radius 2 is 1.96 bits per heavy atom. The minimum Gasteiger partial charge on any atom is -0.371 e. The summed E-state index contributed by atoms with van der Waals surface area (Å²) in [4.78, 5) is 15.1. The van der Waals surface area contributed by atoms with Crippen molar-refractivity contribution >= 4 is 5.91 Å². The van der Waals surface area contributed by atoms with E-state index in [2.05, 4.69) is 30.1 Å². The van der Waals surface area contributed by atoms with Gasteiger partial charge in [-0.3, -0.25) is 9.69 Å². The molecule has 2 N–H and O–H groups in total. The van der Waals surface area contributed by atoms with Gasteiger partial charge in [0.25, 0.3) is 0 Å². The van der Waals surface area contributed by atoms with Gasteiger partial charge in [0.2, 0.25) is 5.91 Å². The molecule has 1 aromatic carbocycles. The molecule has 1 amide bonds. The quantitative estimate of drug-likeness (QED) is 0.551. The first-order valence-corrected chi connectivity index (χ1v) is 10.9. The van der Waals surface area contributed by atoms with Crippen LogP contribution in [0.1, 0.15) is 64.4 Å². The summed E-state index contributed by atoms with van der Waals surface area (Å²) < 4.78 is 0. The lowest BCUT2D eigenvalue weighted by Crippen LogP contribution is -2.60. The lowest BCUT2D eigenvalue weighted by atomic mass is 9.84. The highest BCUT2D eigenvalue weighted by Gasteiger charge is 2.42. The second-order valence-corrected chi connectivity index (χ2v) is 8.91. The fourth-order valence-corrected chi connectivity index (χ4v) is 4.87. The number of carbonyl (C=O) groups excluding carboxylic acids is 1. The zero-order valence-corrected chi connectivity index (χ0v) is 17.5. The topological polar surface area (TPSA) is 52.6 Å². The van der Waals surface area contributed by atoms with E-state index in [1.165, 1.54) is 31.3 Å². The molecule has 2 fully saturated rings. The van der Waals surface area contributed by atoms with Gasteiger partial charge in [-0.2, -0.15) is 0 Å². The zero-order valence-electron chi connectivity index (χ0n) is 17.5. The molecule has 4 heteroatoms. The summed E-state index contributed by atoms with van der Waals surface area (Å²) >= 11 is 0. The van der Waals surface area contributed by atoms with Crippen LogP contribution in [0, 0.1) is 5.92 Å². The van der Waals surface area contributed by atoms with E-state index in [0.717, 1.165) is 25.1 Å². The molecular formula is C24H36N2O2. The van der Waals surface area contributed by atoms with E-state index in [4.69, 9.17) is 0 Å². The molecule has 2 atom stereocenters. The smallest absolute Gasteiger partial charge is 0.226 e. The van der Waals surface area contributed by atoms with Crippen molar-refractivity contribution in [3.63, 3.8) is 0 Å².